The van der Waals surface area contributed by atoms with Crippen LogP contribution in [0.4, 0.5) is 10.5 Å². The van der Waals surface area contributed by atoms with Gasteiger partial charge in [0, 0.05) is 18.1 Å². The van der Waals surface area contributed by atoms with E-state index in [-0.39, 0.29) is 17.3 Å². The number of hydrogen-bond acceptors (Lipinski definition) is 2. The fraction of sp³-hybridized carbons (Fsp3) is 0.429. The van der Waals surface area contributed by atoms with Gasteiger partial charge in [0.1, 0.15) is 0 Å². The molecule has 2 rings (SSSR count). The quantitative estimate of drug-likeness (QED) is 0.876. The molecule has 1 saturated carbocycles. The van der Waals surface area contributed by atoms with Crippen LogP contribution in [0.1, 0.15) is 30.1 Å². The fourth-order valence-corrected chi connectivity index (χ4v) is 2.14. The molecule has 20 heavy (non-hydrogen) atoms. The smallest absolute Gasteiger partial charge is 0.337 e. The van der Waals surface area contributed by atoms with E-state index in [0.717, 1.165) is 19.4 Å². The van der Waals surface area contributed by atoms with Crippen molar-refractivity contribution in [3.8, 4) is 0 Å². The first kappa shape index (κ1) is 14.7. The molecule has 1 aliphatic rings. The summed E-state index contributed by atoms with van der Waals surface area (Å²) in [7, 11) is 0. The molecule has 108 valence electrons. The van der Waals surface area contributed by atoms with Crippen molar-refractivity contribution in [2.75, 3.05) is 18.4 Å². The zero-order chi connectivity index (χ0) is 14.7. The number of aromatic carboxylic acids is 1. The highest BCUT2D eigenvalue weighted by Crippen LogP contribution is 2.30. The number of amides is 2. The third kappa shape index (κ3) is 3.63. The summed E-state index contributed by atoms with van der Waals surface area (Å²) in [6.45, 7) is 3.22. The van der Waals surface area contributed by atoms with Gasteiger partial charge in [-0.25, -0.2) is 9.59 Å². The lowest BCUT2D eigenvalue weighted by Crippen LogP contribution is -2.36. The molecule has 0 radical (unpaired) electrons. The number of carboxylic acids is 1. The minimum atomic E-state index is -1.12. The Morgan fingerprint density at radius 3 is 2.70 bits per heavy atom. The number of rotatable bonds is 5. The predicted molar refractivity (Wildman–Crippen MR) is 77.4 cm³/mol. The molecule has 0 atom stereocenters. The average Bonchev–Trinajstić information content (AvgIpc) is 3.21. The summed E-state index contributed by atoms with van der Waals surface area (Å²) in [6.07, 6.45) is 2.32. The highest BCUT2D eigenvalue weighted by molar-refractivity contribution is 6.31. The summed E-state index contributed by atoms with van der Waals surface area (Å²) in [4.78, 5) is 25.0. The van der Waals surface area contributed by atoms with Crippen molar-refractivity contribution >= 4 is 29.3 Å². The molecule has 1 aromatic carbocycles. The maximum Gasteiger partial charge on any atom is 0.337 e. The van der Waals surface area contributed by atoms with E-state index in [9.17, 15) is 9.59 Å². The molecule has 1 aromatic rings. The summed E-state index contributed by atoms with van der Waals surface area (Å²) in [5.41, 5.74) is 0.259. The van der Waals surface area contributed by atoms with Gasteiger partial charge >= 0.3 is 12.0 Å². The third-order valence-corrected chi connectivity index (χ3v) is 3.53. The average molecular weight is 297 g/mol. The molecule has 5 nitrogen and oxygen atoms in total. The third-order valence-electron chi connectivity index (χ3n) is 3.30. The number of nitrogens with one attached hydrogen (secondary N) is 1. The van der Waals surface area contributed by atoms with Gasteiger partial charge in [-0.2, -0.15) is 0 Å². The SMILES string of the molecule is CCN(CC1CC1)C(=O)Nc1ccc(Cl)cc1C(=O)O. The first-order valence-electron chi connectivity index (χ1n) is 6.60. The largest absolute Gasteiger partial charge is 0.478 e. The van der Waals surface area contributed by atoms with Gasteiger partial charge in [0.15, 0.2) is 0 Å². The van der Waals surface area contributed by atoms with Crippen molar-refractivity contribution in [3.63, 3.8) is 0 Å². The van der Waals surface area contributed by atoms with Gasteiger partial charge in [-0.3, -0.25) is 0 Å². The van der Waals surface area contributed by atoms with Crippen LogP contribution >= 0.6 is 11.6 Å². The van der Waals surface area contributed by atoms with E-state index in [1.54, 1.807) is 11.0 Å². The standard InChI is InChI=1S/C14H17ClN2O3/c1-2-17(8-9-3-4-9)14(20)16-12-6-5-10(15)7-11(12)13(18)19/h5-7,9H,2-4,8H2,1H3,(H,16,20)(H,18,19). The van der Waals surface area contributed by atoms with Crippen LogP contribution in [0.2, 0.25) is 5.02 Å². The van der Waals surface area contributed by atoms with Gasteiger partial charge in [-0.15, -0.1) is 0 Å². The molecule has 2 amide bonds. The highest BCUT2D eigenvalue weighted by atomic mass is 35.5. The molecule has 0 bridgehead atoms. The van der Waals surface area contributed by atoms with Gasteiger partial charge in [-0.05, 0) is 43.9 Å². The van der Waals surface area contributed by atoms with E-state index in [4.69, 9.17) is 16.7 Å². The van der Waals surface area contributed by atoms with Crippen molar-refractivity contribution < 1.29 is 14.7 Å². The van der Waals surface area contributed by atoms with Crippen LogP contribution in [0.15, 0.2) is 18.2 Å². The number of carboxylic acid groups (broad SMARTS) is 1. The minimum absolute atomic E-state index is 0.00618. The highest BCUT2D eigenvalue weighted by Gasteiger charge is 2.26. The second kappa shape index (κ2) is 6.13. The minimum Gasteiger partial charge on any atom is -0.478 e. The number of anilines is 1. The van der Waals surface area contributed by atoms with Crippen molar-refractivity contribution in [3.05, 3.63) is 28.8 Å². The molecule has 1 fully saturated rings. The summed E-state index contributed by atoms with van der Waals surface area (Å²) in [6, 6.07) is 4.12. The Kier molecular flexibility index (Phi) is 4.49. The monoisotopic (exact) mass is 296 g/mol. The number of carbonyl (C=O) groups is 2. The Morgan fingerprint density at radius 1 is 1.45 bits per heavy atom. The Morgan fingerprint density at radius 2 is 2.15 bits per heavy atom. The first-order valence-corrected chi connectivity index (χ1v) is 6.97. The molecule has 0 heterocycles. The van der Waals surface area contributed by atoms with Crippen LogP contribution < -0.4 is 5.32 Å². The molecule has 0 saturated heterocycles. The summed E-state index contributed by atoms with van der Waals surface area (Å²) in [5.74, 6) is -0.530. The summed E-state index contributed by atoms with van der Waals surface area (Å²) >= 11 is 5.78. The molecule has 0 spiro atoms. The van der Waals surface area contributed by atoms with Gasteiger partial charge in [0.25, 0.3) is 0 Å². The molecular formula is C14H17ClN2O3. The topological polar surface area (TPSA) is 69.6 Å². The molecule has 2 N–H and O–H groups in total. The number of halogens is 1. The molecule has 0 unspecified atom stereocenters. The second-order valence-electron chi connectivity index (χ2n) is 4.91. The Labute approximate surface area is 122 Å². The lowest BCUT2D eigenvalue weighted by molar-refractivity contribution is 0.0698. The zero-order valence-electron chi connectivity index (χ0n) is 11.2. The lowest BCUT2D eigenvalue weighted by Gasteiger charge is -2.21. The fourth-order valence-electron chi connectivity index (χ4n) is 1.96. The van der Waals surface area contributed by atoms with Crippen LogP contribution in [0.25, 0.3) is 0 Å². The van der Waals surface area contributed by atoms with Crippen molar-refractivity contribution in [2.24, 2.45) is 5.92 Å². The van der Waals surface area contributed by atoms with Crippen molar-refractivity contribution in [1.29, 1.82) is 0 Å². The van der Waals surface area contributed by atoms with Crippen LogP contribution in [0, 0.1) is 5.92 Å². The van der Waals surface area contributed by atoms with E-state index < -0.39 is 5.97 Å². The number of nitrogens with zero attached hydrogens (tertiary/aromatic N) is 1. The van der Waals surface area contributed by atoms with Gasteiger partial charge in [0.2, 0.25) is 0 Å². The van der Waals surface area contributed by atoms with Crippen molar-refractivity contribution in [2.45, 2.75) is 19.8 Å². The number of urea groups is 1. The van der Waals surface area contributed by atoms with Crippen molar-refractivity contribution in [1.82, 2.24) is 4.90 Å². The van der Waals surface area contributed by atoms with E-state index in [0.29, 0.717) is 17.5 Å². The van der Waals surface area contributed by atoms with Gasteiger partial charge in [-0.1, -0.05) is 11.6 Å². The molecule has 1 aliphatic carbocycles. The first-order chi connectivity index (χ1) is 9.51. The van der Waals surface area contributed by atoms with Crippen LogP contribution in [0.5, 0.6) is 0 Å². The predicted octanol–water partition coefficient (Wildman–Crippen LogP) is 3.30. The summed E-state index contributed by atoms with van der Waals surface area (Å²) in [5, 5.41) is 12.1. The van der Waals surface area contributed by atoms with Crippen LogP contribution in [-0.4, -0.2) is 35.1 Å². The van der Waals surface area contributed by atoms with E-state index in [2.05, 4.69) is 5.32 Å². The summed E-state index contributed by atoms with van der Waals surface area (Å²) < 4.78 is 0. The molecule has 6 heteroatoms. The Hall–Kier alpha value is -1.75. The van der Waals surface area contributed by atoms with Crippen LogP contribution in [0.3, 0.4) is 0 Å². The maximum atomic E-state index is 12.2. The van der Waals surface area contributed by atoms with Gasteiger partial charge in [0.05, 0.1) is 11.3 Å². The number of benzene rings is 1. The Bertz CT molecular complexity index is 529. The second-order valence-corrected chi connectivity index (χ2v) is 5.34. The van der Waals surface area contributed by atoms with E-state index in [1.165, 1.54) is 12.1 Å². The number of hydrogen-bond donors (Lipinski definition) is 2. The number of carbonyl (C=O) groups excluding carboxylic acids is 1. The van der Waals surface area contributed by atoms with Crippen LogP contribution in [-0.2, 0) is 0 Å². The molecule has 0 aliphatic heterocycles. The normalized spacial score (nSPS) is 13.9. The maximum absolute atomic E-state index is 12.2. The van der Waals surface area contributed by atoms with E-state index in [1.807, 2.05) is 6.92 Å². The Balaban J connectivity index is 2.11. The lowest BCUT2D eigenvalue weighted by atomic mass is 10.2. The van der Waals surface area contributed by atoms with E-state index >= 15 is 0 Å². The molecule has 0 aromatic heterocycles. The van der Waals surface area contributed by atoms with Gasteiger partial charge < -0.3 is 15.3 Å². The molecular weight excluding hydrogens is 280 g/mol. The zero-order valence-corrected chi connectivity index (χ0v) is 12.0.